The molecule has 3 N–H and O–H groups in total. The lowest BCUT2D eigenvalue weighted by Crippen LogP contribution is -1.95. The molecule has 216 valence electrons. The van der Waals surface area contributed by atoms with E-state index >= 15 is 0 Å². The van der Waals surface area contributed by atoms with E-state index in [0.717, 1.165) is 55.4 Å². The summed E-state index contributed by atoms with van der Waals surface area (Å²) in [4.78, 5) is 0. The molecule has 0 atom stereocenters. The van der Waals surface area contributed by atoms with Crippen LogP contribution < -0.4 is 5.73 Å². The maximum Gasteiger partial charge on any atom is 0.0619 e. The molecule has 45 heavy (non-hydrogen) atoms. The number of benzene rings is 6. The van der Waals surface area contributed by atoms with Gasteiger partial charge in [0.2, 0.25) is 0 Å². The zero-order chi connectivity index (χ0) is 30.9. The molecule has 0 amide bonds. The number of nitrogens with zero attached hydrogens (tertiary/aromatic N) is 1. The van der Waals surface area contributed by atoms with Crippen LogP contribution in [0.1, 0.15) is 18.1 Å². The minimum atomic E-state index is 0.838. The molecule has 7 rings (SSSR count). The van der Waals surface area contributed by atoms with Crippen LogP contribution >= 0.6 is 0 Å². The molecular formula is C42H33N3. The summed E-state index contributed by atoms with van der Waals surface area (Å²) in [5.41, 5.74) is 15.7. The van der Waals surface area contributed by atoms with E-state index in [1.165, 1.54) is 33.3 Å². The third-order valence-corrected chi connectivity index (χ3v) is 8.62. The zero-order valence-corrected chi connectivity index (χ0v) is 25.2. The lowest BCUT2D eigenvalue weighted by Gasteiger charge is -2.14. The average molecular weight is 580 g/mol. The van der Waals surface area contributed by atoms with Gasteiger partial charge >= 0.3 is 0 Å². The molecule has 0 bridgehead atoms. The number of nitrogens with two attached hydrogens (primary N) is 1. The molecule has 1 heterocycles. The standard InChI is InChI=1S/C42H33N3/c1-3-10-31(26-43)28-16-20-39-40-21-18-30-24-29(17-19-36(30)42(40)45(41(39)25-28)33-12-6-5-7-13-33)34-22-23-35(32(27-44)11-4-2)38-15-9-8-14-37(34)38/h3-27,44H,2,43H2,1H3/b10-3-,31-26+,32-11+,44-27?. The van der Waals surface area contributed by atoms with Gasteiger partial charge in [0, 0.05) is 34.3 Å². The van der Waals surface area contributed by atoms with Crippen LogP contribution in [0, 0.1) is 5.41 Å². The molecule has 6 aromatic carbocycles. The maximum absolute atomic E-state index is 7.98. The third kappa shape index (κ3) is 4.66. The minimum Gasteiger partial charge on any atom is -0.404 e. The van der Waals surface area contributed by atoms with Gasteiger partial charge in [-0.25, -0.2) is 0 Å². The van der Waals surface area contributed by atoms with E-state index in [1.54, 1.807) is 12.3 Å². The number of aromatic nitrogens is 1. The molecular weight excluding hydrogens is 546 g/mol. The first-order valence-corrected chi connectivity index (χ1v) is 15.1. The summed E-state index contributed by atoms with van der Waals surface area (Å²) >= 11 is 0. The normalized spacial score (nSPS) is 12.6. The Morgan fingerprint density at radius 1 is 0.733 bits per heavy atom. The molecule has 7 aromatic rings. The Morgan fingerprint density at radius 2 is 1.49 bits per heavy atom. The number of hydrogen-bond donors (Lipinski definition) is 2. The lowest BCUT2D eigenvalue weighted by molar-refractivity contribution is 1.19. The molecule has 1 aromatic heterocycles. The van der Waals surface area contributed by atoms with Crippen molar-refractivity contribution in [2.45, 2.75) is 6.92 Å². The van der Waals surface area contributed by atoms with Crippen molar-refractivity contribution >= 4 is 60.7 Å². The van der Waals surface area contributed by atoms with Crippen molar-refractivity contribution in [1.82, 2.24) is 4.57 Å². The van der Waals surface area contributed by atoms with Gasteiger partial charge in [-0.2, -0.15) is 0 Å². The highest BCUT2D eigenvalue weighted by molar-refractivity contribution is 6.20. The maximum atomic E-state index is 7.98. The fourth-order valence-electron chi connectivity index (χ4n) is 6.60. The van der Waals surface area contributed by atoms with Gasteiger partial charge in [0.05, 0.1) is 11.0 Å². The van der Waals surface area contributed by atoms with Gasteiger partial charge in [0.15, 0.2) is 0 Å². The van der Waals surface area contributed by atoms with E-state index in [4.69, 9.17) is 11.1 Å². The third-order valence-electron chi connectivity index (χ3n) is 8.62. The van der Waals surface area contributed by atoms with Crippen LogP contribution in [0.4, 0.5) is 0 Å². The molecule has 3 heteroatoms. The first kappa shape index (κ1) is 27.9. The number of para-hydroxylation sites is 1. The highest BCUT2D eigenvalue weighted by Crippen LogP contribution is 2.40. The largest absolute Gasteiger partial charge is 0.404 e. The number of allylic oxidation sites excluding steroid dienone is 6. The summed E-state index contributed by atoms with van der Waals surface area (Å²) in [5, 5.41) is 15.0. The molecule has 0 radical (unpaired) electrons. The molecule has 0 aliphatic rings. The first-order chi connectivity index (χ1) is 22.2. The molecule has 0 aliphatic heterocycles. The van der Waals surface area contributed by atoms with E-state index in [1.807, 2.05) is 25.2 Å². The second-order valence-corrected chi connectivity index (χ2v) is 11.1. The second-order valence-electron chi connectivity index (χ2n) is 11.1. The fraction of sp³-hybridized carbons (Fsp3) is 0.0238. The van der Waals surface area contributed by atoms with Crippen molar-refractivity contribution < 1.29 is 0 Å². The Balaban J connectivity index is 1.48. The van der Waals surface area contributed by atoms with Gasteiger partial charge in [0.1, 0.15) is 0 Å². The Kier molecular flexibility index (Phi) is 7.20. The van der Waals surface area contributed by atoms with Crippen molar-refractivity contribution in [3.63, 3.8) is 0 Å². The van der Waals surface area contributed by atoms with Crippen LogP contribution in [0.5, 0.6) is 0 Å². The SMILES string of the molecule is C=C/C=C(\C=N)c1ccc(-c2ccc3c(ccc4c5ccc(C(/C=C\C)=C/N)cc5n(-c5ccccc5)c34)c2)c2ccccc12. The first-order valence-electron chi connectivity index (χ1n) is 15.1. The Bertz CT molecular complexity index is 2370. The van der Waals surface area contributed by atoms with E-state index in [0.29, 0.717) is 0 Å². The Labute approximate surface area is 263 Å². The summed E-state index contributed by atoms with van der Waals surface area (Å²) in [7, 11) is 0. The van der Waals surface area contributed by atoms with Crippen LogP contribution in [0.15, 0.2) is 152 Å². The molecule has 0 fully saturated rings. The minimum absolute atomic E-state index is 0.838. The predicted molar refractivity (Wildman–Crippen MR) is 195 cm³/mol. The fourth-order valence-corrected chi connectivity index (χ4v) is 6.60. The van der Waals surface area contributed by atoms with Crippen molar-refractivity contribution in [3.05, 3.63) is 163 Å². The quantitative estimate of drug-likeness (QED) is 0.143. The van der Waals surface area contributed by atoms with Crippen molar-refractivity contribution in [2.75, 3.05) is 0 Å². The van der Waals surface area contributed by atoms with Crippen molar-refractivity contribution in [3.8, 4) is 16.8 Å². The van der Waals surface area contributed by atoms with Crippen LogP contribution in [0.3, 0.4) is 0 Å². The molecule has 0 spiro atoms. The van der Waals surface area contributed by atoms with Gasteiger partial charge < -0.3 is 15.7 Å². The van der Waals surface area contributed by atoms with Gasteiger partial charge in [-0.3, -0.25) is 0 Å². The monoisotopic (exact) mass is 579 g/mol. The molecule has 0 saturated heterocycles. The zero-order valence-electron chi connectivity index (χ0n) is 25.2. The van der Waals surface area contributed by atoms with Gasteiger partial charge in [-0.1, -0.05) is 122 Å². The molecule has 3 nitrogen and oxygen atoms in total. The summed E-state index contributed by atoms with van der Waals surface area (Å²) in [6.45, 7) is 5.85. The van der Waals surface area contributed by atoms with E-state index in [9.17, 15) is 0 Å². The predicted octanol–water partition coefficient (Wildman–Crippen LogP) is 10.9. The van der Waals surface area contributed by atoms with Crippen LogP contribution in [-0.4, -0.2) is 10.8 Å². The smallest absolute Gasteiger partial charge is 0.0619 e. The lowest BCUT2D eigenvalue weighted by atomic mass is 9.91. The Hall–Kier alpha value is -5.93. The van der Waals surface area contributed by atoms with Crippen molar-refractivity contribution in [1.29, 1.82) is 5.41 Å². The number of rotatable bonds is 7. The van der Waals surface area contributed by atoms with Crippen LogP contribution in [-0.2, 0) is 0 Å². The van der Waals surface area contributed by atoms with Crippen molar-refractivity contribution in [2.24, 2.45) is 5.73 Å². The second kappa shape index (κ2) is 11.6. The number of hydrogen-bond acceptors (Lipinski definition) is 2. The van der Waals surface area contributed by atoms with E-state index in [2.05, 4.69) is 126 Å². The van der Waals surface area contributed by atoms with E-state index in [-0.39, 0.29) is 0 Å². The highest BCUT2D eigenvalue weighted by atomic mass is 15.0. The number of fused-ring (bicyclic) bond motifs is 6. The van der Waals surface area contributed by atoms with Crippen LogP contribution in [0.2, 0.25) is 0 Å². The van der Waals surface area contributed by atoms with Gasteiger partial charge in [0.25, 0.3) is 0 Å². The topological polar surface area (TPSA) is 54.8 Å². The van der Waals surface area contributed by atoms with E-state index < -0.39 is 0 Å². The molecule has 0 aliphatic carbocycles. The van der Waals surface area contributed by atoms with Crippen LogP contribution in [0.25, 0.3) is 71.3 Å². The molecule has 0 unspecified atom stereocenters. The Morgan fingerprint density at radius 3 is 2.24 bits per heavy atom. The van der Waals surface area contributed by atoms with Gasteiger partial charge in [-0.05, 0) is 80.7 Å². The molecule has 0 saturated carbocycles. The summed E-state index contributed by atoms with van der Waals surface area (Å²) in [5.74, 6) is 0. The highest BCUT2D eigenvalue weighted by Gasteiger charge is 2.17. The number of nitrogens with one attached hydrogen (secondary N) is 1. The summed E-state index contributed by atoms with van der Waals surface area (Å²) < 4.78 is 2.38. The average Bonchev–Trinajstić information content (AvgIpc) is 3.43. The summed E-state index contributed by atoms with van der Waals surface area (Å²) in [6.07, 6.45) is 10.8. The summed E-state index contributed by atoms with van der Waals surface area (Å²) in [6, 6.07) is 41.2. The van der Waals surface area contributed by atoms with Gasteiger partial charge in [-0.15, -0.1) is 0 Å².